The molecule has 5 heteroatoms. The van der Waals surface area contributed by atoms with Crippen LogP contribution in [-0.4, -0.2) is 9.97 Å². The van der Waals surface area contributed by atoms with Crippen molar-refractivity contribution < 1.29 is 4.74 Å². The number of benzene rings is 2. The molecule has 0 spiro atoms. The SMILES string of the molecule is Clc1cccc(Cl)c1COc1ncnc2ccccc12. The Labute approximate surface area is 126 Å². The van der Waals surface area contributed by atoms with Crippen LogP contribution < -0.4 is 4.74 Å². The molecule has 0 aliphatic heterocycles. The first-order valence-corrected chi connectivity index (χ1v) is 6.77. The van der Waals surface area contributed by atoms with Crippen molar-refractivity contribution in [3.63, 3.8) is 0 Å². The van der Waals surface area contributed by atoms with Crippen molar-refractivity contribution in [2.45, 2.75) is 6.61 Å². The monoisotopic (exact) mass is 304 g/mol. The van der Waals surface area contributed by atoms with E-state index in [9.17, 15) is 0 Å². The highest BCUT2D eigenvalue weighted by Crippen LogP contribution is 2.27. The predicted octanol–water partition coefficient (Wildman–Crippen LogP) is 4.52. The van der Waals surface area contributed by atoms with Gasteiger partial charge in [-0.25, -0.2) is 9.97 Å². The number of nitrogens with zero attached hydrogens (tertiary/aromatic N) is 2. The lowest BCUT2D eigenvalue weighted by Crippen LogP contribution is -2.00. The minimum atomic E-state index is 0.263. The van der Waals surface area contributed by atoms with Gasteiger partial charge in [-0.05, 0) is 24.3 Å². The number of fused-ring (bicyclic) bond motifs is 1. The van der Waals surface area contributed by atoms with E-state index in [1.807, 2.05) is 24.3 Å². The molecule has 0 radical (unpaired) electrons. The summed E-state index contributed by atoms with van der Waals surface area (Å²) < 4.78 is 5.75. The fourth-order valence-corrected chi connectivity index (χ4v) is 2.41. The molecule has 0 saturated carbocycles. The lowest BCUT2D eigenvalue weighted by atomic mass is 10.2. The molecule has 2 aromatic carbocycles. The summed E-state index contributed by atoms with van der Waals surface area (Å²) >= 11 is 12.2. The predicted molar refractivity (Wildman–Crippen MR) is 80.3 cm³/mol. The van der Waals surface area contributed by atoms with Gasteiger partial charge in [0.05, 0.1) is 10.9 Å². The summed E-state index contributed by atoms with van der Waals surface area (Å²) in [5, 5.41) is 2.02. The minimum Gasteiger partial charge on any atom is -0.472 e. The van der Waals surface area contributed by atoms with Gasteiger partial charge in [-0.1, -0.05) is 41.4 Å². The number of aromatic nitrogens is 2. The molecule has 0 saturated heterocycles. The van der Waals surface area contributed by atoms with Crippen LogP contribution in [0.3, 0.4) is 0 Å². The highest BCUT2D eigenvalue weighted by molar-refractivity contribution is 6.35. The van der Waals surface area contributed by atoms with E-state index in [2.05, 4.69) is 9.97 Å². The second-order valence-electron chi connectivity index (χ2n) is 4.18. The van der Waals surface area contributed by atoms with Crippen LogP contribution in [0, 0.1) is 0 Å². The standard InChI is InChI=1S/C15H10Cl2N2O/c16-12-5-3-6-13(17)11(12)8-20-15-10-4-1-2-7-14(10)18-9-19-15/h1-7,9H,8H2. The van der Waals surface area contributed by atoms with Crippen LogP contribution in [0.5, 0.6) is 5.88 Å². The van der Waals surface area contributed by atoms with Gasteiger partial charge in [-0.15, -0.1) is 0 Å². The Morgan fingerprint density at radius 1 is 0.900 bits per heavy atom. The van der Waals surface area contributed by atoms with Crippen LogP contribution in [0.2, 0.25) is 10.0 Å². The molecule has 0 atom stereocenters. The molecular formula is C15H10Cl2N2O. The van der Waals surface area contributed by atoms with Gasteiger partial charge in [-0.3, -0.25) is 0 Å². The molecule has 1 heterocycles. The summed E-state index contributed by atoms with van der Waals surface area (Å²) in [5.74, 6) is 0.520. The number of halogens is 2. The van der Waals surface area contributed by atoms with Crippen LogP contribution in [0.4, 0.5) is 0 Å². The highest BCUT2D eigenvalue weighted by atomic mass is 35.5. The average molecular weight is 305 g/mol. The van der Waals surface area contributed by atoms with Crippen molar-refractivity contribution in [3.8, 4) is 5.88 Å². The Balaban J connectivity index is 1.91. The second-order valence-corrected chi connectivity index (χ2v) is 5.00. The molecule has 0 bridgehead atoms. The molecule has 3 nitrogen and oxygen atoms in total. The number of para-hydroxylation sites is 1. The van der Waals surface area contributed by atoms with Gasteiger partial charge in [0, 0.05) is 15.6 Å². The zero-order valence-corrected chi connectivity index (χ0v) is 11.9. The van der Waals surface area contributed by atoms with Crippen molar-refractivity contribution in [3.05, 3.63) is 64.4 Å². The Morgan fingerprint density at radius 3 is 2.45 bits per heavy atom. The summed E-state index contributed by atoms with van der Waals surface area (Å²) in [6, 6.07) is 13.0. The molecule has 0 N–H and O–H groups in total. The van der Waals surface area contributed by atoms with E-state index in [1.54, 1.807) is 18.2 Å². The summed E-state index contributed by atoms with van der Waals surface area (Å²) in [6.45, 7) is 0.263. The number of ether oxygens (including phenoxy) is 1. The van der Waals surface area contributed by atoms with Gasteiger partial charge < -0.3 is 4.74 Å². The van der Waals surface area contributed by atoms with E-state index in [0.717, 1.165) is 16.5 Å². The van der Waals surface area contributed by atoms with Crippen LogP contribution in [0.25, 0.3) is 10.9 Å². The first-order valence-electron chi connectivity index (χ1n) is 6.01. The van der Waals surface area contributed by atoms with Gasteiger partial charge in [-0.2, -0.15) is 0 Å². The summed E-state index contributed by atoms with van der Waals surface area (Å²) in [7, 11) is 0. The molecule has 1 aromatic heterocycles. The zero-order valence-electron chi connectivity index (χ0n) is 10.4. The maximum absolute atomic E-state index is 6.12. The fraction of sp³-hybridized carbons (Fsp3) is 0.0667. The van der Waals surface area contributed by atoms with E-state index < -0.39 is 0 Å². The summed E-state index contributed by atoms with van der Waals surface area (Å²) in [4.78, 5) is 8.35. The van der Waals surface area contributed by atoms with Crippen LogP contribution in [0.1, 0.15) is 5.56 Å². The van der Waals surface area contributed by atoms with E-state index >= 15 is 0 Å². The summed E-state index contributed by atoms with van der Waals surface area (Å²) in [6.07, 6.45) is 1.48. The lowest BCUT2D eigenvalue weighted by Gasteiger charge is -2.10. The molecule has 0 fully saturated rings. The third-order valence-electron chi connectivity index (χ3n) is 2.92. The maximum atomic E-state index is 6.12. The molecule has 100 valence electrons. The van der Waals surface area contributed by atoms with Crippen molar-refractivity contribution in [2.75, 3.05) is 0 Å². The zero-order chi connectivity index (χ0) is 13.9. The smallest absolute Gasteiger partial charge is 0.224 e. The lowest BCUT2D eigenvalue weighted by molar-refractivity contribution is 0.298. The molecule has 0 amide bonds. The quantitative estimate of drug-likeness (QED) is 0.714. The molecular weight excluding hydrogens is 295 g/mol. The van der Waals surface area contributed by atoms with Gasteiger partial charge in [0.2, 0.25) is 5.88 Å². The van der Waals surface area contributed by atoms with Gasteiger partial charge in [0.25, 0.3) is 0 Å². The van der Waals surface area contributed by atoms with Gasteiger partial charge in [0.15, 0.2) is 0 Å². The highest BCUT2D eigenvalue weighted by Gasteiger charge is 2.09. The van der Waals surface area contributed by atoms with Crippen LogP contribution in [-0.2, 0) is 6.61 Å². The van der Waals surface area contributed by atoms with E-state index in [0.29, 0.717) is 15.9 Å². The number of hydrogen-bond acceptors (Lipinski definition) is 3. The topological polar surface area (TPSA) is 35.0 Å². The molecule has 3 rings (SSSR count). The second kappa shape index (κ2) is 5.65. The van der Waals surface area contributed by atoms with Crippen molar-refractivity contribution in [1.29, 1.82) is 0 Å². The molecule has 0 aliphatic rings. The van der Waals surface area contributed by atoms with Gasteiger partial charge >= 0.3 is 0 Å². The molecule has 0 unspecified atom stereocenters. The van der Waals surface area contributed by atoms with E-state index in [1.165, 1.54) is 6.33 Å². The Morgan fingerprint density at radius 2 is 1.65 bits per heavy atom. The third kappa shape index (κ3) is 2.55. The first-order chi connectivity index (χ1) is 9.75. The Kier molecular flexibility index (Phi) is 3.72. The largest absolute Gasteiger partial charge is 0.472 e. The molecule has 20 heavy (non-hydrogen) atoms. The summed E-state index contributed by atoms with van der Waals surface area (Å²) in [5.41, 5.74) is 1.58. The Bertz CT molecular complexity index is 736. The van der Waals surface area contributed by atoms with E-state index in [4.69, 9.17) is 27.9 Å². The number of hydrogen-bond donors (Lipinski definition) is 0. The van der Waals surface area contributed by atoms with Crippen molar-refractivity contribution >= 4 is 34.1 Å². The fourth-order valence-electron chi connectivity index (χ4n) is 1.91. The molecule has 3 aromatic rings. The van der Waals surface area contributed by atoms with Gasteiger partial charge in [0.1, 0.15) is 12.9 Å². The number of rotatable bonds is 3. The minimum absolute atomic E-state index is 0.263. The normalized spacial score (nSPS) is 10.7. The van der Waals surface area contributed by atoms with E-state index in [-0.39, 0.29) is 6.61 Å². The first kappa shape index (κ1) is 13.2. The van der Waals surface area contributed by atoms with Crippen LogP contribution in [0.15, 0.2) is 48.8 Å². The third-order valence-corrected chi connectivity index (χ3v) is 3.63. The van der Waals surface area contributed by atoms with Crippen LogP contribution >= 0.6 is 23.2 Å². The van der Waals surface area contributed by atoms with Crippen molar-refractivity contribution in [1.82, 2.24) is 9.97 Å². The maximum Gasteiger partial charge on any atom is 0.224 e. The van der Waals surface area contributed by atoms with Crippen molar-refractivity contribution in [2.24, 2.45) is 0 Å². The average Bonchev–Trinajstić information content (AvgIpc) is 2.47. The Hall–Kier alpha value is -1.84. The molecule has 0 aliphatic carbocycles.